The first-order valence-electron chi connectivity index (χ1n) is 6.71. The fourth-order valence-corrected chi connectivity index (χ4v) is 1.39. The number of hydrogen-bond donors (Lipinski definition) is 2. The molecule has 1 rings (SSSR count). The minimum absolute atomic E-state index is 0.0769. The van der Waals surface area contributed by atoms with Gasteiger partial charge in [0.15, 0.2) is 0 Å². The van der Waals surface area contributed by atoms with Gasteiger partial charge in [0, 0.05) is 18.5 Å². The molecule has 0 aliphatic rings. The molecule has 0 aliphatic heterocycles. The molecule has 0 saturated heterocycles. The van der Waals surface area contributed by atoms with E-state index in [2.05, 4.69) is 17.2 Å². The zero-order chi connectivity index (χ0) is 14.8. The molecule has 4 heteroatoms. The third-order valence-electron chi connectivity index (χ3n) is 2.41. The predicted octanol–water partition coefficient (Wildman–Crippen LogP) is 2.30. The van der Waals surface area contributed by atoms with Crippen LogP contribution in [0.25, 0.3) is 0 Å². The molecule has 0 aliphatic carbocycles. The van der Waals surface area contributed by atoms with E-state index in [0.29, 0.717) is 25.5 Å². The van der Waals surface area contributed by atoms with Crippen molar-refractivity contribution in [1.29, 1.82) is 0 Å². The van der Waals surface area contributed by atoms with Crippen LogP contribution in [-0.2, 0) is 11.3 Å². The van der Waals surface area contributed by atoms with Gasteiger partial charge in [-0.2, -0.15) is 0 Å². The van der Waals surface area contributed by atoms with Crippen LogP contribution >= 0.6 is 0 Å². The Bertz CT molecular complexity index is 469. The van der Waals surface area contributed by atoms with E-state index in [1.807, 2.05) is 38.1 Å². The van der Waals surface area contributed by atoms with Crippen LogP contribution in [0.2, 0.25) is 0 Å². The standard InChI is InChI=1S/C16H21NO3/c1-13(2)12-20-16(19)17-11-15-8-6-14(7-9-15)5-3-4-10-18/h6-9,13,18H,4,10-12H2,1-2H3,(H,17,19). The van der Waals surface area contributed by atoms with Crippen LogP contribution in [0.3, 0.4) is 0 Å². The molecule has 0 bridgehead atoms. The van der Waals surface area contributed by atoms with Gasteiger partial charge in [-0.05, 0) is 23.6 Å². The number of alkyl carbamates (subject to hydrolysis) is 1. The summed E-state index contributed by atoms with van der Waals surface area (Å²) in [6, 6.07) is 7.60. The average molecular weight is 275 g/mol. The highest BCUT2D eigenvalue weighted by Gasteiger charge is 2.03. The first kappa shape index (κ1) is 16.1. The van der Waals surface area contributed by atoms with Gasteiger partial charge in [0.05, 0.1) is 13.2 Å². The van der Waals surface area contributed by atoms with Gasteiger partial charge in [-0.25, -0.2) is 4.79 Å². The van der Waals surface area contributed by atoms with Crippen molar-refractivity contribution in [2.45, 2.75) is 26.8 Å². The largest absolute Gasteiger partial charge is 0.449 e. The third kappa shape index (κ3) is 6.81. The Morgan fingerprint density at radius 2 is 2.05 bits per heavy atom. The molecule has 1 aromatic carbocycles. The summed E-state index contributed by atoms with van der Waals surface area (Å²) in [6.45, 7) is 4.91. The van der Waals surface area contributed by atoms with Crippen LogP contribution in [0.5, 0.6) is 0 Å². The summed E-state index contributed by atoms with van der Waals surface area (Å²) < 4.78 is 5.02. The maximum Gasteiger partial charge on any atom is 0.407 e. The van der Waals surface area contributed by atoms with Gasteiger partial charge in [0.1, 0.15) is 0 Å². The molecule has 0 heterocycles. The topological polar surface area (TPSA) is 58.6 Å². The van der Waals surface area contributed by atoms with Gasteiger partial charge in [0.2, 0.25) is 0 Å². The Morgan fingerprint density at radius 3 is 2.65 bits per heavy atom. The Morgan fingerprint density at radius 1 is 1.35 bits per heavy atom. The number of aliphatic hydroxyl groups excluding tert-OH is 1. The van der Waals surface area contributed by atoms with Crippen LogP contribution in [0, 0.1) is 17.8 Å². The fraction of sp³-hybridized carbons (Fsp3) is 0.438. The number of aliphatic hydroxyl groups is 1. The normalized spacial score (nSPS) is 9.80. The van der Waals surface area contributed by atoms with E-state index in [9.17, 15) is 4.79 Å². The van der Waals surface area contributed by atoms with Crippen molar-refractivity contribution < 1.29 is 14.6 Å². The zero-order valence-electron chi connectivity index (χ0n) is 12.0. The predicted molar refractivity (Wildman–Crippen MR) is 78.0 cm³/mol. The summed E-state index contributed by atoms with van der Waals surface area (Å²) in [5, 5.41) is 11.3. The second-order valence-electron chi connectivity index (χ2n) is 4.82. The molecule has 1 aromatic rings. The van der Waals surface area contributed by atoms with Crippen molar-refractivity contribution in [3.05, 3.63) is 35.4 Å². The molecule has 0 aromatic heterocycles. The van der Waals surface area contributed by atoms with Crippen LogP contribution in [0.4, 0.5) is 4.79 Å². The monoisotopic (exact) mass is 275 g/mol. The second-order valence-corrected chi connectivity index (χ2v) is 4.82. The minimum atomic E-state index is -0.398. The first-order valence-corrected chi connectivity index (χ1v) is 6.71. The van der Waals surface area contributed by atoms with Crippen molar-refractivity contribution in [3.63, 3.8) is 0 Å². The summed E-state index contributed by atoms with van der Waals surface area (Å²) in [6.07, 6.45) is 0.0795. The molecule has 0 atom stereocenters. The maximum absolute atomic E-state index is 11.4. The van der Waals surface area contributed by atoms with Crippen LogP contribution in [-0.4, -0.2) is 24.4 Å². The smallest absolute Gasteiger partial charge is 0.407 e. The average Bonchev–Trinajstić information content (AvgIpc) is 2.44. The molecule has 108 valence electrons. The van der Waals surface area contributed by atoms with Crippen molar-refractivity contribution in [2.24, 2.45) is 5.92 Å². The van der Waals surface area contributed by atoms with Crippen molar-refractivity contribution in [3.8, 4) is 11.8 Å². The molecular formula is C16H21NO3. The van der Waals surface area contributed by atoms with E-state index in [1.165, 1.54) is 0 Å². The summed E-state index contributed by atoms with van der Waals surface area (Å²) >= 11 is 0. The zero-order valence-corrected chi connectivity index (χ0v) is 12.0. The Kier molecular flexibility index (Phi) is 7.23. The molecule has 0 spiro atoms. The van der Waals surface area contributed by atoms with Gasteiger partial charge < -0.3 is 15.2 Å². The number of amides is 1. The van der Waals surface area contributed by atoms with Gasteiger partial charge in [-0.1, -0.05) is 37.8 Å². The van der Waals surface area contributed by atoms with Crippen molar-refractivity contribution >= 4 is 6.09 Å². The van der Waals surface area contributed by atoms with E-state index >= 15 is 0 Å². The van der Waals surface area contributed by atoms with Crippen LogP contribution in [0.1, 0.15) is 31.4 Å². The molecule has 4 nitrogen and oxygen atoms in total. The summed E-state index contributed by atoms with van der Waals surface area (Å²) in [5.74, 6) is 6.14. The number of carbonyl (C=O) groups is 1. The highest BCUT2D eigenvalue weighted by Crippen LogP contribution is 2.03. The fourth-order valence-electron chi connectivity index (χ4n) is 1.39. The minimum Gasteiger partial charge on any atom is -0.449 e. The van der Waals surface area contributed by atoms with E-state index in [0.717, 1.165) is 11.1 Å². The quantitative estimate of drug-likeness (QED) is 0.811. The second kappa shape index (κ2) is 9.00. The Labute approximate surface area is 120 Å². The lowest BCUT2D eigenvalue weighted by Gasteiger charge is -2.08. The number of rotatable bonds is 5. The number of nitrogens with one attached hydrogen (secondary N) is 1. The number of ether oxygens (including phenoxy) is 1. The summed E-state index contributed by atoms with van der Waals surface area (Å²) in [7, 11) is 0. The van der Waals surface area contributed by atoms with E-state index < -0.39 is 6.09 Å². The number of carbonyl (C=O) groups excluding carboxylic acids is 1. The van der Waals surface area contributed by atoms with Crippen molar-refractivity contribution in [2.75, 3.05) is 13.2 Å². The lowest BCUT2D eigenvalue weighted by molar-refractivity contribution is 0.132. The lowest BCUT2D eigenvalue weighted by Crippen LogP contribution is -2.25. The molecule has 0 radical (unpaired) electrons. The van der Waals surface area contributed by atoms with Gasteiger partial charge in [-0.15, -0.1) is 0 Å². The van der Waals surface area contributed by atoms with E-state index in [-0.39, 0.29) is 6.61 Å². The molecule has 0 saturated carbocycles. The van der Waals surface area contributed by atoms with Crippen molar-refractivity contribution in [1.82, 2.24) is 5.32 Å². The lowest BCUT2D eigenvalue weighted by atomic mass is 10.1. The molecule has 20 heavy (non-hydrogen) atoms. The molecule has 2 N–H and O–H groups in total. The number of benzene rings is 1. The summed E-state index contributed by atoms with van der Waals surface area (Å²) in [5.41, 5.74) is 1.88. The molecule has 0 unspecified atom stereocenters. The molecule has 1 amide bonds. The molecular weight excluding hydrogens is 254 g/mol. The number of hydrogen-bond acceptors (Lipinski definition) is 3. The summed E-state index contributed by atoms with van der Waals surface area (Å²) in [4.78, 5) is 11.4. The van der Waals surface area contributed by atoms with E-state index in [4.69, 9.17) is 9.84 Å². The third-order valence-corrected chi connectivity index (χ3v) is 2.41. The van der Waals surface area contributed by atoms with Crippen LogP contribution < -0.4 is 5.32 Å². The van der Waals surface area contributed by atoms with E-state index in [1.54, 1.807) is 0 Å². The van der Waals surface area contributed by atoms with Crippen LogP contribution in [0.15, 0.2) is 24.3 Å². The van der Waals surface area contributed by atoms with Gasteiger partial charge in [-0.3, -0.25) is 0 Å². The first-order chi connectivity index (χ1) is 9.61. The highest BCUT2D eigenvalue weighted by molar-refractivity contribution is 5.67. The Balaban J connectivity index is 2.38. The maximum atomic E-state index is 11.4. The molecule has 0 fully saturated rings. The van der Waals surface area contributed by atoms with Gasteiger partial charge in [0.25, 0.3) is 0 Å². The SMILES string of the molecule is CC(C)COC(=O)NCc1ccc(C#CCCO)cc1. The highest BCUT2D eigenvalue weighted by atomic mass is 16.5. The van der Waals surface area contributed by atoms with Gasteiger partial charge >= 0.3 is 6.09 Å². The Hall–Kier alpha value is -1.99.